The van der Waals surface area contributed by atoms with E-state index in [-0.39, 0.29) is 65.7 Å². The van der Waals surface area contributed by atoms with Gasteiger partial charge in [-0.05, 0) is 88.8 Å². The number of anilines is 2. The Morgan fingerprint density at radius 1 is 0.431 bits per heavy atom. The zero-order valence-electron chi connectivity index (χ0n) is 39.7. The Kier molecular flexibility index (Phi) is 15.2. The minimum atomic E-state index is -10.7. The number of hydrogen-bond acceptors (Lipinski definition) is 6. The van der Waals surface area contributed by atoms with Crippen LogP contribution in [0.25, 0.3) is 0 Å². The Balaban J connectivity index is 0.000000376. The van der Waals surface area contributed by atoms with Gasteiger partial charge in [-0.3, -0.25) is 19.2 Å². The van der Waals surface area contributed by atoms with Crippen LogP contribution >= 0.6 is 24.1 Å². The Hall–Kier alpha value is -4.47. The van der Waals surface area contributed by atoms with E-state index in [1.165, 1.54) is 35.5 Å². The molecule has 4 aromatic carbocycles. The molecule has 6 aliphatic heterocycles. The Bertz CT molecular complexity index is 2560. The topological polar surface area (TPSA) is 93.2 Å². The first-order valence-corrected chi connectivity index (χ1v) is 28.5. The molecule has 0 N–H and O–H groups in total. The summed E-state index contributed by atoms with van der Waals surface area (Å²) >= 11 is 0. The van der Waals surface area contributed by atoms with E-state index in [9.17, 15) is 44.4 Å². The van der Waals surface area contributed by atoms with Crippen molar-refractivity contribution in [1.82, 2.24) is 0 Å². The second-order valence-electron chi connectivity index (χ2n) is 19.0. The molecule has 12 atom stereocenters. The molecule has 0 spiro atoms. The van der Waals surface area contributed by atoms with Crippen LogP contribution < -0.4 is 9.80 Å². The van der Waals surface area contributed by atoms with Crippen LogP contribution in [-0.4, -0.2) is 46.3 Å². The molecule has 4 amide bonds. The second kappa shape index (κ2) is 20.3. The molecule has 4 aromatic rings. The number of nitrogens with zero attached hydrogens (tertiary/aromatic N) is 2. The molecule has 6 heterocycles. The van der Waals surface area contributed by atoms with E-state index in [4.69, 9.17) is 9.05 Å². The molecule has 8 nitrogen and oxygen atoms in total. The Morgan fingerprint density at radius 2 is 0.653 bits per heavy atom. The molecule has 4 fully saturated rings. The van der Waals surface area contributed by atoms with Crippen molar-refractivity contribution < 1.29 is 72.9 Å². The van der Waals surface area contributed by atoms with Crippen molar-refractivity contribution in [3.8, 4) is 0 Å². The molecular formula is C54H54F6N2O6P3Rh-. The molecule has 2 unspecified atom stereocenters. The minimum absolute atomic E-state index is 0. The monoisotopic (exact) mass is 1140 g/mol. The van der Waals surface area contributed by atoms with Crippen molar-refractivity contribution >= 4 is 59.1 Å². The van der Waals surface area contributed by atoms with Gasteiger partial charge in [0.25, 0.3) is 0 Å². The summed E-state index contributed by atoms with van der Waals surface area (Å²) in [7, 11) is -13.3. The standard InChI is InChI=1S/C46H42N2O6P2.C8H12.F6P.Rh/c1-25-26(2)40-34-33(43(49)47(44(34)50)31-21-13-7-14-22-31)39(25)55(40)53-37(29-17-9-5-10-18-29)38(30-19-11-6-12-20-30)54-56-41-27(3)28(4)42(56)36-35(41)45(51)48(46(36)52)32-23-15-8-16-24-32;1-2-4-6-8-7-5-3-1;1-7(2,3,4,5)6;/h5-24,33-42H,1-4H3;1-2,7-8H,3-6H2;;/q;;-1;/b;2-1-,8-7-;;/t33-,34+,35-,36+,37-,38-,39-,40+,41-,42+,55?,56?;;;/m0.../s1. The van der Waals surface area contributed by atoms with Gasteiger partial charge in [0.15, 0.2) is 0 Å². The second-order valence-corrected chi connectivity index (χ2v) is 25.0. The van der Waals surface area contributed by atoms with Crippen LogP contribution in [0.15, 0.2) is 168 Å². The predicted molar refractivity (Wildman–Crippen MR) is 268 cm³/mol. The van der Waals surface area contributed by atoms with E-state index in [1.54, 1.807) is 0 Å². The number of halogens is 6. The molecular weight excluding hydrogens is 1080 g/mol. The summed E-state index contributed by atoms with van der Waals surface area (Å²) in [5.74, 6) is -2.53. The molecule has 18 heteroatoms. The Labute approximate surface area is 430 Å². The molecule has 7 aliphatic rings. The maximum absolute atomic E-state index is 14.3. The van der Waals surface area contributed by atoms with Crippen molar-refractivity contribution in [1.29, 1.82) is 0 Å². The summed E-state index contributed by atoms with van der Waals surface area (Å²) in [6.07, 6.45) is 12.8. The fraction of sp³-hybridized carbons (Fsp3) is 0.333. The van der Waals surface area contributed by atoms with Gasteiger partial charge in [0, 0.05) is 58.4 Å². The summed E-state index contributed by atoms with van der Waals surface area (Å²) in [4.78, 5) is 59.9. The van der Waals surface area contributed by atoms with Crippen LogP contribution in [-0.2, 0) is 47.7 Å². The number of imide groups is 2. The van der Waals surface area contributed by atoms with Crippen LogP contribution in [0.3, 0.4) is 0 Å². The van der Waals surface area contributed by atoms with Gasteiger partial charge in [0.05, 0.1) is 35.0 Å². The quantitative estimate of drug-likeness (QED) is 0.0545. The maximum atomic E-state index is 14.3. The number of para-hydroxylation sites is 2. The van der Waals surface area contributed by atoms with Crippen LogP contribution in [0, 0.1) is 23.7 Å². The molecule has 0 saturated carbocycles. The summed E-state index contributed by atoms with van der Waals surface area (Å²) in [6, 6.07) is 38.7. The van der Waals surface area contributed by atoms with Crippen LogP contribution in [0.4, 0.5) is 36.6 Å². The van der Waals surface area contributed by atoms with Crippen molar-refractivity contribution in [2.24, 2.45) is 23.7 Å². The maximum Gasteiger partial charge on any atom is 0 e. The summed E-state index contributed by atoms with van der Waals surface area (Å²) in [5.41, 5.74) is 6.85. The molecule has 4 saturated heterocycles. The number of amides is 4. The number of carbonyl (C=O) groups is 4. The SMILES string of the molecule is C1=C\CC/C=C\CC/1.CC1=C(C)[C@H]2[C@H]3C(=O)N(c4ccccc4)C(=O)[C@H]3[C@@H]1P2O[C@@H](c1ccccc1)[C@@H](OP1[C@@H]2C(C)=C(C)[C@H]1[C@H]1C(=O)N(c3ccccc3)C(=O)[C@H]12)c1ccccc1.F[P-](F)(F)(F)(F)F.[Rh]. The smallest absolute Gasteiger partial charge is 0 e. The van der Waals surface area contributed by atoms with Crippen molar-refractivity contribution in [3.05, 3.63) is 179 Å². The van der Waals surface area contributed by atoms with Gasteiger partial charge >= 0.3 is 33.0 Å². The fourth-order valence-electron chi connectivity index (χ4n) is 11.4. The number of allylic oxidation sites excluding steroid dienone is 8. The van der Waals surface area contributed by atoms with Crippen molar-refractivity contribution in [3.63, 3.8) is 0 Å². The molecule has 1 radical (unpaired) electrons. The minimum Gasteiger partial charge on any atom is 0 e. The molecule has 383 valence electrons. The first kappa shape index (κ1) is 53.8. The molecule has 11 rings (SSSR count). The third-order valence-electron chi connectivity index (χ3n) is 14.6. The van der Waals surface area contributed by atoms with Crippen LogP contribution in [0.1, 0.15) is 76.7 Å². The van der Waals surface area contributed by atoms with Gasteiger partial charge < -0.3 is 9.05 Å². The van der Waals surface area contributed by atoms with E-state index in [0.29, 0.717) is 11.4 Å². The third kappa shape index (κ3) is 10.7. The van der Waals surface area contributed by atoms with Gasteiger partial charge in [-0.25, -0.2) is 9.80 Å². The van der Waals surface area contributed by atoms with Crippen LogP contribution in [0.2, 0.25) is 0 Å². The summed E-state index contributed by atoms with van der Waals surface area (Å²) in [5, 5.41) is 0. The zero-order chi connectivity index (χ0) is 50.6. The van der Waals surface area contributed by atoms with Gasteiger partial charge in [0.2, 0.25) is 23.6 Å². The molecule has 4 bridgehead atoms. The number of benzene rings is 4. The normalized spacial score (nSPS) is 30.7. The van der Waals surface area contributed by atoms with E-state index in [2.05, 4.69) is 76.3 Å². The van der Waals surface area contributed by atoms with Gasteiger partial charge in [0.1, 0.15) is 12.2 Å². The summed E-state index contributed by atoms with van der Waals surface area (Å²) < 4.78 is 74.2. The third-order valence-corrected chi connectivity index (χ3v) is 20.6. The molecule has 0 aromatic heterocycles. The zero-order valence-corrected chi connectivity index (χ0v) is 44.1. The largest absolute Gasteiger partial charge is 0 e. The van der Waals surface area contributed by atoms with E-state index in [1.807, 2.05) is 97.1 Å². The predicted octanol–water partition coefficient (Wildman–Crippen LogP) is 15.2. The van der Waals surface area contributed by atoms with Crippen LogP contribution in [0.5, 0.6) is 0 Å². The first-order valence-electron chi connectivity index (χ1n) is 23.7. The van der Waals surface area contributed by atoms with E-state index >= 15 is 0 Å². The van der Waals surface area contributed by atoms with E-state index in [0.717, 1.165) is 33.4 Å². The van der Waals surface area contributed by atoms with Gasteiger partial charge in [-0.15, -0.1) is 0 Å². The molecule has 72 heavy (non-hydrogen) atoms. The fourth-order valence-corrected chi connectivity index (χ4v) is 18.5. The van der Waals surface area contributed by atoms with Crippen molar-refractivity contribution in [2.75, 3.05) is 9.80 Å². The van der Waals surface area contributed by atoms with Crippen molar-refractivity contribution in [2.45, 2.75) is 88.2 Å². The average Bonchev–Trinajstić information content (AvgIpc) is 4.09. The summed E-state index contributed by atoms with van der Waals surface area (Å²) in [6.45, 7) is 8.40. The van der Waals surface area contributed by atoms with E-state index < -0.39 is 60.0 Å². The molecule has 1 aliphatic carbocycles. The number of fused-ring (bicyclic) bond motifs is 10. The number of carbonyl (C=O) groups excluding carboxylic acids is 4. The Morgan fingerprint density at radius 3 is 0.889 bits per heavy atom. The van der Waals surface area contributed by atoms with Gasteiger partial charge in [-0.1, -0.05) is 144 Å². The average molecular weight is 1140 g/mol. The first-order chi connectivity index (χ1) is 33.6. The van der Waals surface area contributed by atoms with Gasteiger partial charge in [-0.2, -0.15) is 0 Å². The number of hydrogen-bond donors (Lipinski definition) is 0. The number of rotatable bonds is 9.